The molecule has 2 spiro atoms. The van der Waals surface area contributed by atoms with Crippen LogP contribution in [0.5, 0.6) is 0 Å². The lowest BCUT2D eigenvalue weighted by Crippen LogP contribution is -2.48. The lowest BCUT2D eigenvalue weighted by molar-refractivity contribution is 0.0618. The highest BCUT2D eigenvalue weighted by atomic mass is 32.1. The van der Waals surface area contributed by atoms with Gasteiger partial charge in [-0.25, -0.2) is 0 Å². The van der Waals surface area contributed by atoms with Gasteiger partial charge in [0.05, 0.1) is 5.69 Å². The van der Waals surface area contributed by atoms with E-state index in [1.54, 1.807) is 22.3 Å². The summed E-state index contributed by atoms with van der Waals surface area (Å²) in [5.74, 6) is 3.31. The molecule has 264 valence electrons. The first-order valence-electron chi connectivity index (χ1n) is 20.9. The van der Waals surface area contributed by atoms with Crippen LogP contribution in [-0.4, -0.2) is 0 Å². The van der Waals surface area contributed by atoms with Gasteiger partial charge >= 0.3 is 0 Å². The maximum absolute atomic E-state index is 2.66. The van der Waals surface area contributed by atoms with E-state index in [0.29, 0.717) is 0 Å². The van der Waals surface area contributed by atoms with E-state index in [4.69, 9.17) is 0 Å². The average Bonchev–Trinajstić information content (AvgIpc) is 3.95. The van der Waals surface area contributed by atoms with Crippen LogP contribution in [-0.2, 0) is 10.8 Å². The molecular weight excluding hydrogens is 671 g/mol. The van der Waals surface area contributed by atoms with E-state index in [2.05, 4.69) is 132 Å². The van der Waals surface area contributed by atoms with Crippen LogP contribution in [0.15, 0.2) is 127 Å². The third-order valence-electron chi connectivity index (χ3n) is 15.7. The van der Waals surface area contributed by atoms with E-state index in [0.717, 1.165) is 23.7 Å². The Kier molecular flexibility index (Phi) is 6.23. The minimum absolute atomic E-state index is 0.124. The summed E-state index contributed by atoms with van der Waals surface area (Å²) in [6.07, 6.45) is 13.7. The van der Waals surface area contributed by atoms with Crippen LogP contribution >= 0.6 is 11.3 Å². The quantitative estimate of drug-likeness (QED) is 0.176. The Bertz CT molecular complexity index is 2680. The highest BCUT2D eigenvalue weighted by Crippen LogP contribution is 2.69. The van der Waals surface area contributed by atoms with Gasteiger partial charge in [-0.1, -0.05) is 104 Å². The second-order valence-electron chi connectivity index (χ2n) is 17.9. The summed E-state index contributed by atoms with van der Waals surface area (Å²) in [6, 6.07) is 50.3. The molecule has 1 aromatic heterocycles. The summed E-state index contributed by atoms with van der Waals surface area (Å²) < 4.78 is 2.72. The molecule has 7 aromatic rings. The Morgan fingerprint density at radius 3 is 2.13 bits per heavy atom. The van der Waals surface area contributed by atoms with Crippen LogP contribution in [0, 0.1) is 23.7 Å². The van der Waals surface area contributed by atoms with Gasteiger partial charge in [0.25, 0.3) is 0 Å². The monoisotopic (exact) mass is 715 g/mol. The molecule has 14 rings (SSSR count). The molecule has 1 heterocycles. The van der Waals surface area contributed by atoms with E-state index >= 15 is 0 Å². The number of anilines is 3. The first-order chi connectivity index (χ1) is 26.7. The minimum atomic E-state index is 0.124. The molecule has 5 fully saturated rings. The number of hydrogen-bond acceptors (Lipinski definition) is 2. The molecule has 0 saturated heterocycles. The van der Waals surface area contributed by atoms with Gasteiger partial charge in [-0.2, -0.15) is 0 Å². The van der Waals surface area contributed by atoms with Crippen molar-refractivity contribution in [3.8, 4) is 22.3 Å². The summed E-state index contributed by atoms with van der Waals surface area (Å²) in [5.41, 5.74) is 16.4. The lowest BCUT2D eigenvalue weighted by atomic mass is 9.51. The number of fused-ring (bicyclic) bond motifs is 12. The van der Waals surface area contributed by atoms with Crippen molar-refractivity contribution in [2.45, 2.75) is 75.0 Å². The van der Waals surface area contributed by atoms with Crippen molar-refractivity contribution in [3.63, 3.8) is 0 Å². The van der Waals surface area contributed by atoms with Crippen LogP contribution in [0.25, 0.3) is 42.4 Å². The van der Waals surface area contributed by atoms with Crippen molar-refractivity contribution in [3.05, 3.63) is 150 Å². The van der Waals surface area contributed by atoms with Crippen LogP contribution < -0.4 is 4.90 Å². The predicted octanol–water partition coefficient (Wildman–Crippen LogP) is 14.5. The minimum Gasteiger partial charge on any atom is -0.310 e. The molecule has 1 nitrogen and oxygen atoms in total. The normalized spacial score (nSPS) is 26.4. The number of benzene rings is 6. The molecule has 0 aliphatic heterocycles. The summed E-state index contributed by atoms with van der Waals surface area (Å²) in [5, 5.41) is 2.72. The summed E-state index contributed by atoms with van der Waals surface area (Å²) in [7, 11) is 0. The first kappa shape index (κ1) is 30.6. The Morgan fingerprint density at radius 1 is 0.500 bits per heavy atom. The Morgan fingerprint density at radius 2 is 1.20 bits per heavy atom. The highest BCUT2D eigenvalue weighted by Gasteiger charge is 2.60. The standard InChI is InChI=1S/C52H45NS/c1-4-13-43-38(10-1)41-30-36(20-22-44(41)51(43)24-7-8-25-51)53(37-21-23-49-42(31-37)39-11-3-6-17-48(39)54-49)47-16-9-15-46-50(47)40-12-2-5-14-45(40)52(46)34-19-18-32-26-33(28-34)29-35(52)27-32/h1-6,9-17,20-23,30-35H,7-8,18-19,24-29H2. The molecule has 5 unspecified atom stereocenters. The van der Waals surface area contributed by atoms with E-state index < -0.39 is 0 Å². The SMILES string of the molecule is c1ccc2c(c1)-c1cc(N(c3ccc4sc5ccccc5c4c3)c3cccc4c3-c3ccccc3C43C4CCC5CC(C4)CC3C5)ccc1C21CCCC1. The molecule has 54 heavy (non-hydrogen) atoms. The molecule has 0 radical (unpaired) electrons. The van der Waals surface area contributed by atoms with Gasteiger partial charge in [-0.15, -0.1) is 11.3 Å². The number of nitrogens with zero attached hydrogens (tertiary/aromatic N) is 1. The number of thiophene rings is 1. The van der Waals surface area contributed by atoms with Crippen LogP contribution in [0.4, 0.5) is 17.1 Å². The third-order valence-corrected chi connectivity index (χ3v) is 16.8. The van der Waals surface area contributed by atoms with Crippen LogP contribution in [0.2, 0.25) is 0 Å². The maximum atomic E-state index is 2.66. The zero-order chi connectivity index (χ0) is 35.2. The Balaban J connectivity index is 1.08. The summed E-state index contributed by atoms with van der Waals surface area (Å²) >= 11 is 1.91. The molecular formula is C52H45NS. The molecule has 7 aliphatic carbocycles. The van der Waals surface area contributed by atoms with Gasteiger partial charge in [0, 0.05) is 47.9 Å². The van der Waals surface area contributed by atoms with Gasteiger partial charge in [-0.05, 0) is 150 Å². The molecule has 6 aromatic carbocycles. The van der Waals surface area contributed by atoms with Gasteiger partial charge in [0.2, 0.25) is 0 Å². The third kappa shape index (κ3) is 3.86. The van der Waals surface area contributed by atoms with Crippen molar-refractivity contribution in [1.29, 1.82) is 0 Å². The van der Waals surface area contributed by atoms with Gasteiger partial charge in [0.15, 0.2) is 0 Å². The molecule has 4 bridgehead atoms. The molecule has 7 aliphatic rings. The molecule has 0 N–H and O–H groups in total. The largest absolute Gasteiger partial charge is 0.310 e. The van der Waals surface area contributed by atoms with Crippen molar-refractivity contribution in [1.82, 2.24) is 0 Å². The zero-order valence-electron chi connectivity index (χ0n) is 30.9. The predicted molar refractivity (Wildman–Crippen MR) is 227 cm³/mol. The molecule has 2 heteroatoms. The second kappa shape index (κ2) is 11.0. The second-order valence-corrected chi connectivity index (χ2v) is 19.0. The topological polar surface area (TPSA) is 3.24 Å². The molecule has 0 amide bonds. The summed E-state index contributed by atoms with van der Waals surface area (Å²) in [4.78, 5) is 2.66. The van der Waals surface area contributed by atoms with Crippen LogP contribution in [0.3, 0.4) is 0 Å². The molecule has 5 atom stereocenters. The smallest absolute Gasteiger partial charge is 0.0543 e. The fourth-order valence-corrected chi connectivity index (χ4v) is 15.0. The van der Waals surface area contributed by atoms with Crippen molar-refractivity contribution in [2.75, 3.05) is 4.90 Å². The fraction of sp³-hybridized carbons (Fsp3) is 0.308. The van der Waals surface area contributed by atoms with E-state index in [1.807, 2.05) is 11.3 Å². The average molecular weight is 716 g/mol. The van der Waals surface area contributed by atoms with Gasteiger partial charge in [0.1, 0.15) is 0 Å². The number of hydrogen-bond donors (Lipinski definition) is 0. The van der Waals surface area contributed by atoms with Crippen molar-refractivity contribution in [2.24, 2.45) is 23.7 Å². The fourth-order valence-electron chi connectivity index (χ4n) is 13.9. The Hall–Kier alpha value is -4.66. The highest BCUT2D eigenvalue weighted by molar-refractivity contribution is 7.25. The number of rotatable bonds is 3. The van der Waals surface area contributed by atoms with Crippen molar-refractivity contribution < 1.29 is 0 Å². The van der Waals surface area contributed by atoms with Gasteiger partial charge < -0.3 is 4.90 Å². The van der Waals surface area contributed by atoms with Crippen LogP contribution in [0.1, 0.15) is 86.5 Å². The molecule has 5 saturated carbocycles. The first-order valence-corrected chi connectivity index (χ1v) is 21.7. The zero-order valence-corrected chi connectivity index (χ0v) is 31.7. The van der Waals surface area contributed by atoms with Gasteiger partial charge in [-0.3, -0.25) is 0 Å². The summed E-state index contributed by atoms with van der Waals surface area (Å²) in [6.45, 7) is 0. The van der Waals surface area contributed by atoms with Crippen molar-refractivity contribution >= 4 is 48.6 Å². The maximum Gasteiger partial charge on any atom is 0.0543 e. The van der Waals surface area contributed by atoms with E-state index in [1.165, 1.54) is 124 Å². The Labute approximate surface area is 322 Å². The van der Waals surface area contributed by atoms with E-state index in [9.17, 15) is 0 Å². The lowest BCUT2D eigenvalue weighted by Gasteiger charge is -2.53. The van der Waals surface area contributed by atoms with E-state index in [-0.39, 0.29) is 10.8 Å².